The van der Waals surface area contributed by atoms with Crippen molar-refractivity contribution in [2.45, 2.75) is 12.8 Å². The molecule has 4 heteroatoms. The fourth-order valence-corrected chi connectivity index (χ4v) is 1.36. The SMILES string of the molecule is COc1cnc(C(C)CN)c(Cl)c1. The Morgan fingerprint density at radius 1 is 1.69 bits per heavy atom. The van der Waals surface area contributed by atoms with Crippen molar-refractivity contribution in [1.29, 1.82) is 0 Å². The molecule has 0 radical (unpaired) electrons. The molecule has 0 fully saturated rings. The van der Waals surface area contributed by atoms with Gasteiger partial charge in [0.05, 0.1) is 24.0 Å². The van der Waals surface area contributed by atoms with E-state index in [1.54, 1.807) is 19.4 Å². The Labute approximate surface area is 82.9 Å². The summed E-state index contributed by atoms with van der Waals surface area (Å²) in [5, 5.41) is 0.609. The normalized spacial score (nSPS) is 12.6. The van der Waals surface area contributed by atoms with Gasteiger partial charge in [0.1, 0.15) is 5.75 Å². The van der Waals surface area contributed by atoms with Gasteiger partial charge >= 0.3 is 0 Å². The van der Waals surface area contributed by atoms with Crippen LogP contribution in [0.4, 0.5) is 0 Å². The maximum Gasteiger partial charge on any atom is 0.138 e. The number of nitrogens with zero attached hydrogens (tertiary/aromatic N) is 1. The summed E-state index contributed by atoms with van der Waals surface area (Å²) in [5.74, 6) is 0.844. The van der Waals surface area contributed by atoms with Crippen molar-refractivity contribution in [1.82, 2.24) is 4.98 Å². The highest BCUT2D eigenvalue weighted by molar-refractivity contribution is 6.31. The first-order chi connectivity index (χ1) is 6.19. The van der Waals surface area contributed by atoms with E-state index in [4.69, 9.17) is 22.1 Å². The Hall–Kier alpha value is -0.800. The van der Waals surface area contributed by atoms with Crippen LogP contribution in [0.3, 0.4) is 0 Å². The van der Waals surface area contributed by atoms with Crippen LogP contribution in [-0.2, 0) is 0 Å². The molecule has 0 aliphatic rings. The molecule has 1 rings (SSSR count). The topological polar surface area (TPSA) is 48.1 Å². The van der Waals surface area contributed by atoms with Gasteiger partial charge in [0.2, 0.25) is 0 Å². The number of aromatic nitrogens is 1. The van der Waals surface area contributed by atoms with Crippen LogP contribution in [0.2, 0.25) is 5.02 Å². The fraction of sp³-hybridized carbons (Fsp3) is 0.444. The van der Waals surface area contributed by atoms with Crippen molar-refractivity contribution < 1.29 is 4.74 Å². The van der Waals surface area contributed by atoms with Crippen LogP contribution in [-0.4, -0.2) is 18.6 Å². The zero-order chi connectivity index (χ0) is 9.84. The van der Waals surface area contributed by atoms with E-state index in [2.05, 4.69) is 4.98 Å². The zero-order valence-corrected chi connectivity index (χ0v) is 8.51. The molecule has 0 aliphatic carbocycles. The highest BCUT2D eigenvalue weighted by Gasteiger charge is 2.10. The summed E-state index contributed by atoms with van der Waals surface area (Å²) < 4.78 is 4.99. The Morgan fingerprint density at radius 2 is 2.38 bits per heavy atom. The third kappa shape index (κ3) is 2.32. The van der Waals surface area contributed by atoms with Gasteiger partial charge < -0.3 is 10.5 Å². The molecule has 1 aromatic heterocycles. The first-order valence-electron chi connectivity index (χ1n) is 4.08. The predicted molar refractivity (Wildman–Crippen MR) is 53.3 cm³/mol. The van der Waals surface area contributed by atoms with E-state index in [0.717, 1.165) is 5.69 Å². The van der Waals surface area contributed by atoms with Crippen LogP contribution >= 0.6 is 11.6 Å². The van der Waals surface area contributed by atoms with E-state index in [1.807, 2.05) is 6.92 Å². The average molecular weight is 201 g/mol. The van der Waals surface area contributed by atoms with E-state index >= 15 is 0 Å². The lowest BCUT2D eigenvalue weighted by atomic mass is 10.1. The number of nitrogens with two attached hydrogens (primary N) is 1. The van der Waals surface area contributed by atoms with Gasteiger partial charge in [0.25, 0.3) is 0 Å². The first-order valence-corrected chi connectivity index (χ1v) is 4.46. The minimum atomic E-state index is 0.179. The summed E-state index contributed by atoms with van der Waals surface area (Å²) in [6.45, 7) is 2.53. The minimum Gasteiger partial charge on any atom is -0.495 e. The number of rotatable bonds is 3. The maximum absolute atomic E-state index is 5.98. The second-order valence-corrected chi connectivity index (χ2v) is 3.29. The number of ether oxygens (including phenoxy) is 1. The van der Waals surface area contributed by atoms with E-state index in [1.165, 1.54) is 0 Å². The lowest BCUT2D eigenvalue weighted by molar-refractivity contribution is 0.412. The summed E-state index contributed by atoms with van der Waals surface area (Å²) in [5.41, 5.74) is 6.34. The highest BCUT2D eigenvalue weighted by atomic mass is 35.5. The van der Waals surface area contributed by atoms with Gasteiger partial charge in [-0.3, -0.25) is 4.98 Å². The lowest BCUT2D eigenvalue weighted by Crippen LogP contribution is -2.10. The molecule has 72 valence electrons. The molecule has 1 unspecified atom stereocenters. The van der Waals surface area contributed by atoms with Gasteiger partial charge in [-0.15, -0.1) is 0 Å². The van der Waals surface area contributed by atoms with Crippen LogP contribution in [0.5, 0.6) is 5.75 Å². The molecule has 1 atom stereocenters. The Kier molecular flexibility index (Phi) is 3.51. The largest absolute Gasteiger partial charge is 0.495 e. The smallest absolute Gasteiger partial charge is 0.138 e. The minimum absolute atomic E-state index is 0.179. The molecule has 0 saturated heterocycles. The quantitative estimate of drug-likeness (QED) is 0.810. The summed E-state index contributed by atoms with van der Waals surface area (Å²) in [6, 6.07) is 1.75. The molecule has 0 bridgehead atoms. The van der Waals surface area contributed by atoms with E-state index in [-0.39, 0.29) is 5.92 Å². The Balaban J connectivity index is 2.98. The maximum atomic E-state index is 5.98. The van der Waals surface area contributed by atoms with Crippen LogP contribution in [0.15, 0.2) is 12.3 Å². The number of halogens is 1. The van der Waals surface area contributed by atoms with E-state index in [0.29, 0.717) is 17.3 Å². The first kappa shape index (κ1) is 10.3. The molecule has 13 heavy (non-hydrogen) atoms. The monoisotopic (exact) mass is 200 g/mol. The lowest BCUT2D eigenvalue weighted by Gasteiger charge is -2.10. The Bertz CT molecular complexity index is 291. The molecular weight excluding hydrogens is 188 g/mol. The summed E-state index contributed by atoms with van der Waals surface area (Å²) in [4.78, 5) is 4.18. The van der Waals surface area contributed by atoms with E-state index in [9.17, 15) is 0 Å². The highest BCUT2D eigenvalue weighted by Crippen LogP contribution is 2.24. The number of hydrogen-bond acceptors (Lipinski definition) is 3. The van der Waals surface area contributed by atoms with Crippen LogP contribution in [0.1, 0.15) is 18.5 Å². The van der Waals surface area contributed by atoms with Gasteiger partial charge in [0.15, 0.2) is 0 Å². The molecule has 0 aliphatic heterocycles. The van der Waals surface area contributed by atoms with E-state index < -0.39 is 0 Å². The molecule has 0 aromatic carbocycles. The third-order valence-corrected chi connectivity index (χ3v) is 2.20. The fourth-order valence-electron chi connectivity index (χ4n) is 1.02. The Morgan fingerprint density at radius 3 is 2.85 bits per heavy atom. The second-order valence-electron chi connectivity index (χ2n) is 2.88. The van der Waals surface area contributed by atoms with Crippen molar-refractivity contribution >= 4 is 11.6 Å². The predicted octanol–water partition coefficient (Wildman–Crippen LogP) is 1.81. The molecule has 0 spiro atoms. The van der Waals surface area contributed by atoms with Crippen molar-refractivity contribution in [2.75, 3.05) is 13.7 Å². The van der Waals surface area contributed by atoms with Gasteiger partial charge in [-0.2, -0.15) is 0 Å². The number of pyridine rings is 1. The molecule has 2 N–H and O–H groups in total. The second kappa shape index (κ2) is 4.44. The van der Waals surface area contributed by atoms with Gasteiger partial charge in [-0.05, 0) is 0 Å². The third-order valence-electron chi connectivity index (χ3n) is 1.90. The average Bonchev–Trinajstić information content (AvgIpc) is 2.16. The standard InChI is InChI=1S/C9H13ClN2O/c1-6(4-11)9-8(10)3-7(13-2)5-12-9/h3,5-6H,4,11H2,1-2H3. The van der Waals surface area contributed by atoms with Crippen molar-refractivity contribution in [3.63, 3.8) is 0 Å². The molecule has 0 saturated carbocycles. The molecule has 1 heterocycles. The number of methoxy groups -OCH3 is 1. The zero-order valence-electron chi connectivity index (χ0n) is 7.75. The van der Waals surface area contributed by atoms with Crippen LogP contribution in [0.25, 0.3) is 0 Å². The van der Waals surface area contributed by atoms with Crippen molar-refractivity contribution in [2.24, 2.45) is 5.73 Å². The van der Waals surface area contributed by atoms with Crippen LogP contribution < -0.4 is 10.5 Å². The summed E-state index contributed by atoms with van der Waals surface area (Å²) in [7, 11) is 1.58. The molecule has 0 amide bonds. The van der Waals surface area contributed by atoms with Gasteiger partial charge in [-0.1, -0.05) is 18.5 Å². The van der Waals surface area contributed by atoms with Gasteiger partial charge in [-0.25, -0.2) is 0 Å². The number of hydrogen-bond donors (Lipinski definition) is 1. The molecular formula is C9H13ClN2O. The molecule has 3 nitrogen and oxygen atoms in total. The van der Waals surface area contributed by atoms with Crippen molar-refractivity contribution in [3.8, 4) is 5.75 Å². The summed E-state index contributed by atoms with van der Waals surface area (Å²) >= 11 is 5.98. The summed E-state index contributed by atoms with van der Waals surface area (Å²) in [6.07, 6.45) is 1.65. The van der Waals surface area contributed by atoms with Gasteiger partial charge in [0, 0.05) is 18.5 Å². The van der Waals surface area contributed by atoms with Crippen LogP contribution in [0, 0.1) is 0 Å². The molecule has 1 aromatic rings. The van der Waals surface area contributed by atoms with Crippen molar-refractivity contribution in [3.05, 3.63) is 23.0 Å².